The number of aryl methyl sites for hydroxylation is 3. The van der Waals surface area contributed by atoms with Crippen molar-refractivity contribution in [1.82, 2.24) is 9.88 Å². The maximum Gasteiger partial charge on any atom is 0.326 e. The second-order valence-electron chi connectivity index (χ2n) is 5.77. The van der Waals surface area contributed by atoms with Gasteiger partial charge in [-0.15, -0.1) is 0 Å². The molecule has 1 aliphatic rings. The van der Waals surface area contributed by atoms with E-state index in [-0.39, 0.29) is 5.91 Å². The van der Waals surface area contributed by atoms with E-state index >= 15 is 0 Å². The van der Waals surface area contributed by atoms with E-state index in [2.05, 4.69) is 17.1 Å². The molecule has 3 rings (SSSR count). The van der Waals surface area contributed by atoms with Crippen LogP contribution in [0.1, 0.15) is 33.6 Å². The number of fused-ring (bicyclic) bond motifs is 1. The van der Waals surface area contributed by atoms with Gasteiger partial charge < -0.3 is 15.0 Å². The van der Waals surface area contributed by atoms with Gasteiger partial charge in [0.1, 0.15) is 11.7 Å². The summed E-state index contributed by atoms with van der Waals surface area (Å²) in [6.45, 7) is 6.43. The van der Waals surface area contributed by atoms with E-state index in [0.717, 1.165) is 27.6 Å². The summed E-state index contributed by atoms with van der Waals surface area (Å²) in [6, 6.07) is 3.43. The standard InChI is InChI=1S/C16H18N2O3/c1-8-6-9(2)13-11(7-8)10(3)14(17-13)15(19)18-5-4-12(18)16(20)21/h6-7,12,17H,4-5H2,1-3H3,(H,20,21)/t12-/m0/s1. The molecule has 2 heterocycles. The molecule has 0 radical (unpaired) electrons. The second-order valence-corrected chi connectivity index (χ2v) is 5.77. The van der Waals surface area contributed by atoms with E-state index < -0.39 is 12.0 Å². The van der Waals surface area contributed by atoms with Crippen molar-refractivity contribution in [2.24, 2.45) is 0 Å². The molecule has 0 saturated carbocycles. The van der Waals surface area contributed by atoms with Gasteiger partial charge in [0, 0.05) is 17.4 Å². The summed E-state index contributed by atoms with van der Waals surface area (Å²) in [5.41, 5.74) is 4.58. The molecule has 2 aromatic rings. The maximum atomic E-state index is 12.6. The van der Waals surface area contributed by atoms with Crippen molar-refractivity contribution in [1.29, 1.82) is 0 Å². The molecule has 0 spiro atoms. The Morgan fingerprint density at radius 3 is 2.57 bits per heavy atom. The van der Waals surface area contributed by atoms with Crippen molar-refractivity contribution in [3.05, 3.63) is 34.5 Å². The zero-order valence-electron chi connectivity index (χ0n) is 12.4. The lowest BCUT2D eigenvalue weighted by Crippen LogP contribution is -2.55. The molecule has 0 aliphatic carbocycles. The van der Waals surface area contributed by atoms with Crippen LogP contribution in [-0.2, 0) is 4.79 Å². The number of nitrogens with zero attached hydrogens (tertiary/aromatic N) is 1. The largest absolute Gasteiger partial charge is 0.480 e. The monoisotopic (exact) mass is 286 g/mol. The third kappa shape index (κ3) is 2.00. The van der Waals surface area contributed by atoms with Crippen LogP contribution in [0.15, 0.2) is 12.1 Å². The number of aromatic nitrogens is 1. The molecular weight excluding hydrogens is 268 g/mol. The Labute approximate surface area is 122 Å². The summed E-state index contributed by atoms with van der Waals surface area (Å²) in [5.74, 6) is -1.16. The zero-order valence-corrected chi connectivity index (χ0v) is 12.4. The van der Waals surface area contributed by atoms with Crippen molar-refractivity contribution in [3.63, 3.8) is 0 Å². The van der Waals surface area contributed by atoms with Crippen LogP contribution in [-0.4, -0.2) is 39.5 Å². The Hall–Kier alpha value is -2.30. The van der Waals surface area contributed by atoms with Crippen LogP contribution in [0.25, 0.3) is 10.9 Å². The number of aromatic amines is 1. The highest BCUT2D eigenvalue weighted by Gasteiger charge is 2.39. The summed E-state index contributed by atoms with van der Waals surface area (Å²) in [4.78, 5) is 28.2. The fraction of sp³-hybridized carbons (Fsp3) is 0.375. The first kappa shape index (κ1) is 13.7. The number of nitrogens with one attached hydrogen (secondary N) is 1. The summed E-state index contributed by atoms with van der Waals surface area (Å²) in [5, 5.41) is 10.1. The molecule has 1 aliphatic heterocycles. The topological polar surface area (TPSA) is 73.4 Å². The van der Waals surface area contributed by atoms with Crippen LogP contribution in [0.3, 0.4) is 0 Å². The Balaban J connectivity index is 2.05. The third-order valence-electron chi connectivity index (χ3n) is 4.29. The normalized spacial score (nSPS) is 17.9. The molecule has 5 nitrogen and oxygen atoms in total. The average Bonchev–Trinajstić information content (AvgIpc) is 2.65. The van der Waals surface area contributed by atoms with Gasteiger partial charge in [0.05, 0.1) is 0 Å². The van der Waals surface area contributed by atoms with Crippen LogP contribution in [0.4, 0.5) is 0 Å². The second kappa shape index (κ2) is 4.62. The average molecular weight is 286 g/mol. The Bertz CT molecular complexity index is 760. The van der Waals surface area contributed by atoms with E-state index in [4.69, 9.17) is 5.11 Å². The highest BCUT2D eigenvalue weighted by atomic mass is 16.4. The fourth-order valence-electron chi connectivity index (χ4n) is 3.03. The van der Waals surface area contributed by atoms with E-state index in [9.17, 15) is 9.59 Å². The predicted octanol–water partition coefficient (Wildman–Crippen LogP) is 2.39. The number of H-pyrrole nitrogens is 1. The number of amides is 1. The Morgan fingerprint density at radius 2 is 2.00 bits per heavy atom. The molecule has 2 N–H and O–H groups in total. The van der Waals surface area contributed by atoms with Gasteiger partial charge in [-0.05, 0) is 44.4 Å². The van der Waals surface area contributed by atoms with Gasteiger partial charge in [0.2, 0.25) is 0 Å². The van der Waals surface area contributed by atoms with Gasteiger partial charge in [-0.2, -0.15) is 0 Å². The van der Waals surface area contributed by atoms with Crippen LogP contribution >= 0.6 is 0 Å². The summed E-state index contributed by atoms with van der Waals surface area (Å²) in [6.07, 6.45) is 0.526. The van der Waals surface area contributed by atoms with E-state index in [1.165, 1.54) is 4.90 Å². The zero-order chi connectivity index (χ0) is 15.3. The van der Waals surface area contributed by atoms with Crippen molar-refractivity contribution in [2.75, 3.05) is 6.54 Å². The number of hydrogen-bond acceptors (Lipinski definition) is 2. The molecule has 1 aromatic carbocycles. The smallest absolute Gasteiger partial charge is 0.326 e. The molecular formula is C16H18N2O3. The lowest BCUT2D eigenvalue weighted by molar-refractivity contribution is -0.146. The van der Waals surface area contributed by atoms with E-state index in [1.807, 2.05) is 20.8 Å². The molecule has 0 bridgehead atoms. The van der Waals surface area contributed by atoms with Crippen molar-refractivity contribution in [3.8, 4) is 0 Å². The van der Waals surface area contributed by atoms with E-state index in [0.29, 0.717) is 18.7 Å². The molecule has 110 valence electrons. The summed E-state index contributed by atoms with van der Waals surface area (Å²) in [7, 11) is 0. The van der Waals surface area contributed by atoms with Crippen LogP contribution < -0.4 is 0 Å². The van der Waals surface area contributed by atoms with Crippen LogP contribution in [0.5, 0.6) is 0 Å². The number of carboxylic acid groups (broad SMARTS) is 1. The highest BCUT2D eigenvalue weighted by molar-refractivity contribution is 6.03. The number of benzene rings is 1. The van der Waals surface area contributed by atoms with E-state index in [1.54, 1.807) is 0 Å². The van der Waals surface area contributed by atoms with Gasteiger partial charge in [0.25, 0.3) is 5.91 Å². The minimum atomic E-state index is -0.935. The first-order chi connectivity index (χ1) is 9.90. The quantitative estimate of drug-likeness (QED) is 0.890. The lowest BCUT2D eigenvalue weighted by Gasteiger charge is -2.37. The summed E-state index contributed by atoms with van der Waals surface area (Å²) >= 11 is 0. The lowest BCUT2D eigenvalue weighted by atomic mass is 10.0. The summed E-state index contributed by atoms with van der Waals surface area (Å²) < 4.78 is 0. The van der Waals surface area contributed by atoms with Gasteiger partial charge in [-0.25, -0.2) is 4.79 Å². The molecule has 1 aromatic heterocycles. The molecule has 0 unspecified atom stereocenters. The minimum absolute atomic E-state index is 0.223. The van der Waals surface area contributed by atoms with Crippen molar-refractivity contribution in [2.45, 2.75) is 33.2 Å². The molecule has 1 amide bonds. The van der Waals surface area contributed by atoms with Crippen molar-refractivity contribution >= 4 is 22.8 Å². The number of aliphatic carboxylic acids is 1. The maximum absolute atomic E-state index is 12.6. The van der Waals surface area contributed by atoms with Gasteiger partial charge in [-0.3, -0.25) is 4.79 Å². The number of likely N-dealkylation sites (tertiary alicyclic amines) is 1. The molecule has 21 heavy (non-hydrogen) atoms. The van der Waals surface area contributed by atoms with Crippen LogP contribution in [0, 0.1) is 20.8 Å². The van der Waals surface area contributed by atoms with Gasteiger partial charge >= 0.3 is 5.97 Å². The number of rotatable bonds is 2. The van der Waals surface area contributed by atoms with Crippen LogP contribution in [0.2, 0.25) is 0 Å². The predicted molar refractivity (Wildman–Crippen MR) is 79.6 cm³/mol. The number of carbonyl (C=O) groups is 2. The van der Waals surface area contributed by atoms with Gasteiger partial charge in [-0.1, -0.05) is 11.6 Å². The Morgan fingerprint density at radius 1 is 1.29 bits per heavy atom. The SMILES string of the molecule is Cc1cc(C)c2[nH]c(C(=O)N3CC[C@H]3C(=O)O)c(C)c2c1. The van der Waals surface area contributed by atoms with Crippen molar-refractivity contribution < 1.29 is 14.7 Å². The molecule has 1 atom stereocenters. The molecule has 1 fully saturated rings. The number of hydrogen-bond donors (Lipinski definition) is 2. The van der Waals surface area contributed by atoms with Gasteiger partial charge in [0.15, 0.2) is 0 Å². The third-order valence-corrected chi connectivity index (χ3v) is 4.29. The first-order valence-electron chi connectivity index (χ1n) is 7.03. The molecule has 1 saturated heterocycles. The first-order valence-corrected chi connectivity index (χ1v) is 7.03. The molecule has 5 heteroatoms. The fourth-order valence-corrected chi connectivity index (χ4v) is 3.03. The minimum Gasteiger partial charge on any atom is -0.480 e. The number of carbonyl (C=O) groups excluding carboxylic acids is 1. The Kier molecular flexibility index (Phi) is 3.01. The number of carboxylic acids is 1. The highest BCUT2D eigenvalue weighted by Crippen LogP contribution is 2.29.